The lowest BCUT2D eigenvalue weighted by Crippen LogP contribution is -2.24. The van der Waals surface area contributed by atoms with Crippen molar-refractivity contribution in [3.63, 3.8) is 0 Å². The molecule has 30 heavy (non-hydrogen) atoms. The standard InChI is InChI=1S/C22H41F6PS/c1-2-3-4-5-6-7-8-9-10-11-12-13-14-15-16-17-18-19-20-29(30,21(23,24)25)22(26,27)28/h2-20H2,1H3. The largest absolute Gasteiger partial charge is 0.422 e. The summed E-state index contributed by atoms with van der Waals surface area (Å²) < 4.78 is 76.5. The Morgan fingerprint density at radius 2 is 0.700 bits per heavy atom. The van der Waals surface area contributed by atoms with E-state index in [1.165, 1.54) is 77.0 Å². The van der Waals surface area contributed by atoms with Crippen molar-refractivity contribution in [2.75, 3.05) is 6.16 Å². The average molecular weight is 483 g/mol. The molecule has 8 heteroatoms. The number of unbranched alkanes of at least 4 members (excludes halogenated alkanes) is 17. The quantitative estimate of drug-likeness (QED) is 0.100. The summed E-state index contributed by atoms with van der Waals surface area (Å²) in [5.74, 6) is -10.6. The zero-order valence-corrected chi connectivity index (χ0v) is 20.3. The van der Waals surface area contributed by atoms with Gasteiger partial charge in [-0.3, -0.25) is 0 Å². The van der Waals surface area contributed by atoms with Crippen molar-refractivity contribution in [1.82, 2.24) is 0 Å². The highest BCUT2D eigenvalue weighted by atomic mass is 32.4. The van der Waals surface area contributed by atoms with Gasteiger partial charge < -0.3 is 0 Å². The van der Waals surface area contributed by atoms with E-state index in [0.29, 0.717) is 12.8 Å². The molecule has 0 spiro atoms. The van der Waals surface area contributed by atoms with Crippen molar-refractivity contribution in [2.24, 2.45) is 0 Å². The molecule has 0 unspecified atom stereocenters. The molecule has 0 aliphatic carbocycles. The van der Waals surface area contributed by atoms with Gasteiger partial charge in [-0.2, -0.15) is 26.3 Å². The molecule has 182 valence electrons. The molecule has 0 amide bonds. The second-order valence-corrected chi connectivity index (χ2v) is 13.2. The molecule has 0 aromatic heterocycles. The summed E-state index contributed by atoms with van der Waals surface area (Å²) in [5, 5.41) is 0. The Morgan fingerprint density at radius 1 is 0.467 bits per heavy atom. The lowest BCUT2D eigenvalue weighted by molar-refractivity contribution is -0.0844. The third kappa shape index (κ3) is 13.6. The third-order valence-electron chi connectivity index (χ3n) is 5.65. The Balaban J connectivity index is 3.50. The van der Waals surface area contributed by atoms with Gasteiger partial charge in [0.05, 0.1) is 0 Å². The van der Waals surface area contributed by atoms with Crippen LogP contribution in [0.15, 0.2) is 0 Å². The highest BCUT2D eigenvalue weighted by Gasteiger charge is 2.62. The van der Waals surface area contributed by atoms with Gasteiger partial charge in [0.25, 0.3) is 0 Å². The molecule has 0 aromatic rings. The van der Waals surface area contributed by atoms with E-state index in [1.54, 1.807) is 0 Å². The minimum absolute atomic E-state index is 0.0884. The van der Waals surface area contributed by atoms with Crippen LogP contribution in [0.3, 0.4) is 0 Å². The minimum atomic E-state index is -5.34. The Labute approximate surface area is 185 Å². The molecule has 0 aliphatic rings. The van der Waals surface area contributed by atoms with Crippen LogP contribution in [0.2, 0.25) is 0 Å². The van der Waals surface area contributed by atoms with Crippen molar-refractivity contribution in [2.45, 2.75) is 134 Å². The number of rotatable bonds is 19. The zero-order chi connectivity index (χ0) is 22.9. The number of halogens is 6. The van der Waals surface area contributed by atoms with E-state index >= 15 is 0 Å². The average Bonchev–Trinajstić information content (AvgIpc) is 2.65. The van der Waals surface area contributed by atoms with E-state index in [2.05, 4.69) is 18.7 Å². The van der Waals surface area contributed by atoms with Gasteiger partial charge in [-0.25, -0.2) is 0 Å². The van der Waals surface area contributed by atoms with E-state index in [9.17, 15) is 26.3 Å². The van der Waals surface area contributed by atoms with Gasteiger partial charge in [-0.05, 0) is 12.6 Å². The van der Waals surface area contributed by atoms with Gasteiger partial charge in [-0.1, -0.05) is 128 Å². The molecule has 0 bridgehead atoms. The van der Waals surface area contributed by atoms with Crippen molar-refractivity contribution in [1.29, 1.82) is 0 Å². The van der Waals surface area contributed by atoms with Crippen LogP contribution < -0.4 is 0 Å². The summed E-state index contributed by atoms with van der Waals surface area (Å²) in [6.45, 7) is 2.23. The topological polar surface area (TPSA) is 0 Å². The fourth-order valence-corrected chi connectivity index (χ4v) is 5.48. The van der Waals surface area contributed by atoms with Gasteiger partial charge in [0.15, 0.2) is 6.04 Å². The predicted molar refractivity (Wildman–Crippen MR) is 120 cm³/mol. The van der Waals surface area contributed by atoms with Gasteiger partial charge in [0.2, 0.25) is 0 Å². The Morgan fingerprint density at radius 3 is 0.933 bits per heavy atom. The molecule has 0 nitrogen and oxygen atoms in total. The SMILES string of the molecule is CCCCCCCCCCCCCCCCCCCCP(=S)(C(F)(F)F)C(F)(F)F. The fraction of sp³-hybridized carbons (Fsp3) is 1.00. The van der Waals surface area contributed by atoms with Crippen LogP contribution in [0.5, 0.6) is 0 Å². The van der Waals surface area contributed by atoms with Gasteiger partial charge in [-0.15, -0.1) is 0 Å². The minimum Gasteiger partial charge on any atom is -0.166 e. The summed E-state index contributed by atoms with van der Waals surface area (Å²) >= 11 is 4.05. The van der Waals surface area contributed by atoms with Crippen LogP contribution >= 0.6 is 6.04 Å². The number of alkyl halides is 6. The monoisotopic (exact) mass is 482 g/mol. The first-order valence-electron chi connectivity index (χ1n) is 11.8. The molecule has 0 saturated heterocycles. The van der Waals surface area contributed by atoms with E-state index in [-0.39, 0.29) is 6.42 Å². The third-order valence-corrected chi connectivity index (χ3v) is 10.0. The molecule has 0 atom stereocenters. The summed E-state index contributed by atoms with van der Waals surface area (Å²) in [6, 6.07) is -5.34. The van der Waals surface area contributed by atoms with E-state index in [1.807, 2.05) is 0 Å². The van der Waals surface area contributed by atoms with Crippen LogP contribution in [-0.2, 0) is 11.8 Å². The van der Waals surface area contributed by atoms with E-state index < -0.39 is 24.0 Å². The Bertz CT molecular complexity index is 430. The molecule has 0 aromatic carbocycles. The summed E-state index contributed by atoms with van der Waals surface area (Å²) in [4.78, 5) is 0. The molecular weight excluding hydrogens is 441 g/mol. The van der Waals surface area contributed by atoms with Gasteiger partial charge in [0, 0.05) is 0 Å². The zero-order valence-electron chi connectivity index (χ0n) is 18.6. The maximum absolute atomic E-state index is 12.7. The smallest absolute Gasteiger partial charge is 0.166 e. The van der Waals surface area contributed by atoms with Crippen LogP contribution in [0.25, 0.3) is 0 Å². The highest BCUT2D eigenvalue weighted by Crippen LogP contribution is 2.71. The number of hydrogen-bond donors (Lipinski definition) is 0. The van der Waals surface area contributed by atoms with Gasteiger partial charge in [0.1, 0.15) is 0 Å². The van der Waals surface area contributed by atoms with Crippen molar-refractivity contribution in [3.05, 3.63) is 0 Å². The lowest BCUT2D eigenvalue weighted by Gasteiger charge is -2.26. The first-order valence-corrected chi connectivity index (χ1v) is 14.8. The van der Waals surface area contributed by atoms with Crippen LogP contribution in [0, 0.1) is 0 Å². The van der Waals surface area contributed by atoms with Crippen LogP contribution in [0.1, 0.15) is 122 Å². The molecule has 0 aliphatic heterocycles. The summed E-state index contributed by atoms with van der Waals surface area (Å²) in [7, 11) is 0. The maximum Gasteiger partial charge on any atom is 0.422 e. The van der Waals surface area contributed by atoms with E-state index in [0.717, 1.165) is 19.3 Å². The Kier molecular flexibility index (Phi) is 16.9. The second kappa shape index (κ2) is 16.8. The first kappa shape index (κ1) is 30.2. The first-order chi connectivity index (χ1) is 14.1. The van der Waals surface area contributed by atoms with Crippen LogP contribution in [-0.4, -0.2) is 18.0 Å². The van der Waals surface area contributed by atoms with Crippen LogP contribution in [0.4, 0.5) is 26.3 Å². The maximum atomic E-state index is 12.7. The molecular formula is C22H41F6PS. The lowest BCUT2D eigenvalue weighted by atomic mass is 10.0. The molecule has 0 saturated carbocycles. The molecule has 0 heterocycles. The fourth-order valence-electron chi connectivity index (χ4n) is 3.63. The highest BCUT2D eigenvalue weighted by molar-refractivity contribution is 8.15. The molecule has 0 radical (unpaired) electrons. The van der Waals surface area contributed by atoms with Crippen molar-refractivity contribution < 1.29 is 26.3 Å². The van der Waals surface area contributed by atoms with Crippen molar-refractivity contribution >= 4 is 17.8 Å². The molecule has 0 N–H and O–H groups in total. The molecule has 0 fully saturated rings. The normalized spacial score (nSPS) is 13.2. The predicted octanol–water partition coefficient (Wildman–Crippen LogP) is 10.5. The van der Waals surface area contributed by atoms with Gasteiger partial charge >= 0.3 is 11.8 Å². The molecule has 0 rings (SSSR count). The summed E-state index contributed by atoms with van der Waals surface area (Å²) in [5.41, 5.74) is 0. The second-order valence-electron chi connectivity index (χ2n) is 8.41. The number of hydrogen-bond acceptors (Lipinski definition) is 1. The summed E-state index contributed by atoms with van der Waals surface area (Å²) in [6.07, 6.45) is 18.7. The van der Waals surface area contributed by atoms with Crippen molar-refractivity contribution in [3.8, 4) is 0 Å². The Hall–Kier alpha value is 0.230. The van der Waals surface area contributed by atoms with E-state index in [4.69, 9.17) is 0 Å².